The molecule has 1 saturated carbocycles. The Morgan fingerprint density at radius 3 is 1.89 bits per heavy atom. The lowest BCUT2D eigenvalue weighted by Gasteiger charge is -2.46. The lowest BCUT2D eigenvalue weighted by molar-refractivity contribution is -0.143. The fourth-order valence-electron chi connectivity index (χ4n) is 6.61. The van der Waals surface area contributed by atoms with Crippen LogP contribution in [0.15, 0.2) is 78.9 Å². The highest BCUT2D eigenvalue weighted by atomic mass is 19.4. The highest BCUT2D eigenvalue weighted by molar-refractivity contribution is 5.88. The Hall–Kier alpha value is -3.81. The van der Waals surface area contributed by atoms with Gasteiger partial charge in [0.2, 0.25) is 5.91 Å². The van der Waals surface area contributed by atoms with Gasteiger partial charge in [0, 0.05) is 37.5 Å². The predicted molar refractivity (Wildman–Crippen MR) is 162 cm³/mol. The van der Waals surface area contributed by atoms with Gasteiger partial charge in [-0.15, -0.1) is 0 Å². The second-order valence-electron chi connectivity index (χ2n) is 12.4. The van der Waals surface area contributed by atoms with Crippen LogP contribution < -0.4 is 5.32 Å². The minimum atomic E-state index is -4.98. The van der Waals surface area contributed by atoms with Gasteiger partial charge < -0.3 is 15.3 Å². The molecule has 4 nitrogen and oxygen atoms in total. The summed E-state index contributed by atoms with van der Waals surface area (Å²) in [6, 6.07) is 19.0. The number of nitrogens with one attached hydrogen (secondary N) is 1. The standard InChI is InChI=1S/C36H36F6N2O2/c1-25(27-22-29(35(37,38)39)24-30(23-27)36(40,41)42)43-32(45)34(28-10-6-3-7-11-28)16-13-31(14-17-34)44-20-18-33(46,19-21-44)15-12-26-8-4-2-5-9-26/h2-11,22-25,31,46H,13-14,16-21H2,1H3,(H,43,45). The Bertz CT molecular complexity index is 1530. The summed E-state index contributed by atoms with van der Waals surface area (Å²) in [5.74, 6) is 5.68. The molecule has 2 fully saturated rings. The average Bonchev–Trinajstić information content (AvgIpc) is 3.04. The number of hydrogen-bond acceptors (Lipinski definition) is 3. The van der Waals surface area contributed by atoms with Crippen molar-refractivity contribution in [3.8, 4) is 11.8 Å². The van der Waals surface area contributed by atoms with Crippen LogP contribution in [0.1, 0.15) is 79.3 Å². The van der Waals surface area contributed by atoms with Gasteiger partial charge in [0.1, 0.15) is 5.60 Å². The van der Waals surface area contributed by atoms with Crippen LogP contribution in [0.25, 0.3) is 0 Å². The number of likely N-dealkylation sites (tertiary alicyclic amines) is 1. The van der Waals surface area contributed by atoms with Crippen molar-refractivity contribution in [1.29, 1.82) is 0 Å². The first kappa shape index (κ1) is 33.6. The van der Waals surface area contributed by atoms with Crippen molar-refractivity contribution in [2.45, 2.75) is 80.9 Å². The number of nitrogens with zero attached hydrogens (tertiary/aromatic N) is 1. The van der Waals surface area contributed by atoms with E-state index < -0.39 is 46.4 Å². The number of alkyl halides is 6. The number of amides is 1. The molecule has 1 unspecified atom stereocenters. The van der Waals surface area contributed by atoms with Crippen LogP contribution in [0, 0.1) is 11.8 Å². The molecule has 10 heteroatoms. The second-order valence-corrected chi connectivity index (χ2v) is 12.4. The zero-order valence-electron chi connectivity index (χ0n) is 25.4. The summed E-state index contributed by atoms with van der Waals surface area (Å²) in [5.41, 5.74) is -3.61. The van der Waals surface area contributed by atoms with Gasteiger partial charge in [-0.25, -0.2) is 0 Å². The number of aliphatic hydroxyl groups is 1. The maximum Gasteiger partial charge on any atom is 0.416 e. The molecule has 0 spiro atoms. The fraction of sp³-hybridized carbons (Fsp3) is 0.417. The summed E-state index contributed by atoms with van der Waals surface area (Å²) in [7, 11) is 0. The van der Waals surface area contributed by atoms with Crippen molar-refractivity contribution in [1.82, 2.24) is 10.2 Å². The number of rotatable bonds is 5. The van der Waals surface area contributed by atoms with Crippen molar-refractivity contribution in [3.05, 3.63) is 107 Å². The quantitative estimate of drug-likeness (QED) is 0.222. The van der Waals surface area contributed by atoms with Gasteiger partial charge in [-0.2, -0.15) is 26.3 Å². The zero-order valence-corrected chi connectivity index (χ0v) is 25.4. The molecular weight excluding hydrogens is 606 g/mol. The van der Waals surface area contributed by atoms with E-state index in [1.54, 1.807) is 0 Å². The predicted octanol–water partition coefficient (Wildman–Crippen LogP) is 7.66. The van der Waals surface area contributed by atoms with Crippen LogP contribution in [-0.2, 0) is 22.6 Å². The minimum Gasteiger partial charge on any atom is -0.377 e. The van der Waals surface area contributed by atoms with Crippen molar-refractivity contribution >= 4 is 5.91 Å². The highest BCUT2D eigenvalue weighted by Crippen LogP contribution is 2.43. The number of carbonyl (C=O) groups excluding carboxylic acids is 1. The van der Waals surface area contributed by atoms with Crippen molar-refractivity contribution in [3.63, 3.8) is 0 Å². The Kier molecular flexibility index (Phi) is 9.57. The smallest absolute Gasteiger partial charge is 0.377 e. The molecule has 1 aliphatic heterocycles. The molecule has 0 radical (unpaired) electrons. The maximum atomic E-state index is 14.0. The van der Waals surface area contributed by atoms with Crippen molar-refractivity contribution in [2.75, 3.05) is 13.1 Å². The van der Waals surface area contributed by atoms with Crippen LogP contribution in [0.4, 0.5) is 26.3 Å². The van der Waals surface area contributed by atoms with E-state index in [4.69, 9.17) is 0 Å². The van der Waals surface area contributed by atoms with Crippen molar-refractivity contribution in [2.24, 2.45) is 0 Å². The molecule has 1 amide bonds. The second kappa shape index (κ2) is 13.1. The molecule has 2 N–H and O–H groups in total. The van der Waals surface area contributed by atoms with Crippen LogP contribution >= 0.6 is 0 Å². The van der Waals surface area contributed by atoms with Crippen LogP contribution in [0.3, 0.4) is 0 Å². The van der Waals surface area contributed by atoms with Crippen LogP contribution in [0.2, 0.25) is 0 Å². The van der Waals surface area contributed by atoms with Gasteiger partial charge in [0.05, 0.1) is 22.6 Å². The van der Waals surface area contributed by atoms with E-state index in [1.807, 2.05) is 60.7 Å². The average molecular weight is 643 g/mol. The molecule has 46 heavy (non-hydrogen) atoms. The van der Waals surface area contributed by atoms with E-state index in [0.29, 0.717) is 63.7 Å². The molecule has 1 saturated heterocycles. The molecule has 3 aromatic rings. The number of piperidine rings is 1. The molecule has 1 atom stereocenters. The number of hydrogen-bond donors (Lipinski definition) is 2. The summed E-state index contributed by atoms with van der Waals surface area (Å²) in [4.78, 5) is 16.3. The molecule has 1 aliphatic carbocycles. The van der Waals surface area contributed by atoms with Gasteiger partial charge in [0.15, 0.2) is 0 Å². The molecule has 0 bridgehead atoms. The Morgan fingerprint density at radius 2 is 1.37 bits per heavy atom. The van der Waals surface area contributed by atoms with Gasteiger partial charge in [0.25, 0.3) is 0 Å². The van der Waals surface area contributed by atoms with Gasteiger partial charge in [-0.05, 0) is 74.1 Å². The number of halogens is 6. The summed E-state index contributed by atoms with van der Waals surface area (Å²) in [6.07, 6.45) is -6.77. The van der Waals surface area contributed by atoms with E-state index in [-0.39, 0.29) is 17.7 Å². The zero-order chi connectivity index (χ0) is 33.2. The van der Waals surface area contributed by atoms with E-state index >= 15 is 0 Å². The molecule has 2 aliphatic rings. The number of carbonyl (C=O) groups is 1. The Balaban J connectivity index is 1.30. The lowest BCUT2D eigenvalue weighted by Crippen LogP contribution is -2.53. The van der Waals surface area contributed by atoms with E-state index in [9.17, 15) is 36.2 Å². The first-order valence-electron chi connectivity index (χ1n) is 15.4. The summed E-state index contributed by atoms with van der Waals surface area (Å²) >= 11 is 0. The monoisotopic (exact) mass is 642 g/mol. The fourth-order valence-corrected chi connectivity index (χ4v) is 6.61. The first-order valence-corrected chi connectivity index (χ1v) is 15.4. The van der Waals surface area contributed by atoms with Crippen LogP contribution in [0.5, 0.6) is 0 Å². The van der Waals surface area contributed by atoms with Gasteiger partial charge in [-0.1, -0.05) is 60.4 Å². The lowest BCUT2D eigenvalue weighted by atomic mass is 9.67. The van der Waals surface area contributed by atoms with E-state index in [1.165, 1.54) is 6.92 Å². The van der Waals surface area contributed by atoms with E-state index in [2.05, 4.69) is 22.1 Å². The molecular formula is C36H36F6N2O2. The SMILES string of the molecule is CC(NC(=O)C1(c2ccccc2)CCC(N2CCC(O)(C#Cc3ccccc3)CC2)CC1)c1cc(C(F)(F)F)cc(C(F)(F)F)c1. The Labute approximate surface area is 264 Å². The molecule has 244 valence electrons. The molecule has 1 heterocycles. The molecule has 3 aromatic carbocycles. The third kappa shape index (κ3) is 7.59. The maximum absolute atomic E-state index is 14.0. The third-order valence-electron chi connectivity index (χ3n) is 9.38. The topological polar surface area (TPSA) is 52.6 Å². The Morgan fingerprint density at radius 1 is 0.848 bits per heavy atom. The third-order valence-corrected chi connectivity index (χ3v) is 9.38. The van der Waals surface area contributed by atoms with E-state index in [0.717, 1.165) is 11.1 Å². The summed E-state index contributed by atoms with van der Waals surface area (Å²) < 4.78 is 81.0. The molecule has 5 rings (SSSR count). The summed E-state index contributed by atoms with van der Waals surface area (Å²) in [5, 5.41) is 13.8. The largest absolute Gasteiger partial charge is 0.416 e. The van der Waals surface area contributed by atoms with Gasteiger partial charge >= 0.3 is 12.4 Å². The normalized spacial score (nSPS) is 22.7. The summed E-state index contributed by atoms with van der Waals surface area (Å²) in [6.45, 7) is 2.68. The minimum absolute atomic E-state index is 0.0854. The first-order chi connectivity index (χ1) is 21.7. The van der Waals surface area contributed by atoms with Gasteiger partial charge in [-0.3, -0.25) is 4.79 Å². The highest BCUT2D eigenvalue weighted by Gasteiger charge is 2.46. The molecule has 0 aromatic heterocycles. The van der Waals surface area contributed by atoms with Crippen LogP contribution in [-0.4, -0.2) is 40.6 Å². The number of benzene rings is 3. The van der Waals surface area contributed by atoms with Crippen molar-refractivity contribution < 1.29 is 36.2 Å².